The van der Waals surface area contributed by atoms with Gasteiger partial charge >= 0.3 is 0 Å². The number of nitriles is 1. The van der Waals surface area contributed by atoms with Gasteiger partial charge in [-0.3, -0.25) is 19.1 Å². The first-order valence-corrected chi connectivity index (χ1v) is 12.4. The van der Waals surface area contributed by atoms with Crippen LogP contribution in [0, 0.1) is 18.3 Å². The van der Waals surface area contributed by atoms with E-state index in [2.05, 4.69) is 11.0 Å². The maximum atomic E-state index is 13.2. The van der Waals surface area contributed by atoms with E-state index in [1.807, 2.05) is 13.0 Å². The summed E-state index contributed by atoms with van der Waals surface area (Å²) in [4.78, 5) is 30.6. The average Bonchev–Trinajstić information content (AvgIpc) is 3.30. The number of carbonyl (C=O) groups is 1. The minimum atomic E-state index is -0.278. The highest BCUT2D eigenvalue weighted by atomic mass is 32.2. The summed E-state index contributed by atoms with van der Waals surface area (Å²) in [6.07, 6.45) is 7.77. The molecule has 9 heteroatoms. The quantitative estimate of drug-likeness (QED) is 0.461. The van der Waals surface area contributed by atoms with Crippen LogP contribution in [0.1, 0.15) is 55.1 Å². The third-order valence-corrected chi connectivity index (χ3v) is 7.49. The zero-order valence-corrected chi connectivity index (χ0v) is 20.4. The van der Waals surface area contributed by atoms with E-state index in [4.69, 9.17) is 16.6 Å². The summed E-state index contributed by atoms with van der Waals surface area (Å²) in [5.74, 6) is 1.24. The van der Waals surface area contributed by atoms with Crippen LogP contribution in [0.25, 0.3) is 6.08 Å². The Morgan fingerprint density at radius 1 is 1.24 bits per heavy atom. The number of carbonyl (C=O) groups excluding carboxylic acids is 1. The van der Waals surface area contributed by atoms with Crippen molar-refractivity contribution in [1.82, 2.24) is 9.47 Å². The smallest absolute Gasteiger partial charge is 0.270 e. The van der Waals surface area contributed by atoms with E-state index in [1.54, 1.807) is 29.9 Å². The molecular formula is C24H26N4O3S2. The zero-order valence-electron chi connectivity index (χ0n) is 18.8. The number of pyridine rings is 1. The molecule has 1 amide bonds. The molecule has 0 N–H and O–H groups in total. The largest absolute Gasteiger partial charge is 0.467 e. The van der Waals surface area contributed by atoms with E-state index in [-0.39, 0.29) is 23.6 Å². The van der Waals surface area contributed by atoms with Gasteiger partial charge in [0.1, 0.15) is 27.5 Å². The van der Waals surface area contributed by atoms with E-state index in [0.29, 0.717) is 27.1 Å². The van der Waals surface area contributed by atoms with Gasteiger partial charge in [0, 0.05) is 25.2 Å². The lowest BCUT2D eigenvalue weighted by Crippen LogP contribution is -2.35. The highest BCUT2D eigenvalue weighted by Gasteiger charge is 2.34. The van der Waals surface area contributed by atoms with Crippen molar-refractivity contribution < 1.29 is 9.21 Å². The van der Waals surface area contributed by atoms with Gasteiger partial charge in [-0.25, -0.2) is 0 Å². The number of amides is 1. The molecule has 7 nitrogen and oxygen atoms in total. The van der Waals surface area contributed by atoms with Crippen molar-refractivity contribution in [2.24, 2.45) is 0 Å². The average molecular weight is 483 g/mol. The highest BCUT2D eigenvalue weighted by molar-refractivity contribution is 8.26. The van der Waals surface area contributed by atoms with Crippen molar-refractivity contribution in [3.8, 4) is 6.07 Å². The fourth-order valence-electron chi connectivity index (χ4n) is 4.39. The number of thiocarbonyl (C=S) groups is 1. The zero-order chi connectivity index (χ0) is 23.5. The van der Waals surface area contributed by atoms with Gasteiger partial charge in [-0.15, -0.1) is 0 Å². The number of rotatable bonds is 5. The van der Waals surface area contributed by atoms with Crippen molar-refractivity contribution >= 4 is 46.1 Å². The molecule has 0 aliphatic carbocycles. The van der Waals surface area contributed by atoms with Crippen LogP contribution in [0.2, 0.25) is 0 Å². The first kappa shape index (κ1) is 23.3. The third kappa shape index (κ3) is 4.50. The minimum Gasteiger partial charge on any atom is -0.467 e. The molecule has 0 radical (unpaired) electrons. The van der Waals surface area contributed by atoms with Gasteiger partial charge in [0.15, 0.2) is 0 Å². The Bertz CT molecular complexity index is 1200. The number of thioether (sulfide) groups is 1. The van der Waals surface area contributed by atoms with Crippen molar-refractivity contribution in [3.63, 3.8) is 0 Å². The molecule has 0 atom stereocenters. The number of nitrogens with zero attached hydrogens (tertiary/aromatic N) is 4. The van der Waals surface area contributed by atoms with E-state index in [1.165, 1.54) is 16.7 Å². The number of aromatic nitrogens is 1. The van der Waals surface area contributed by atoms with Crippen LogP contribution in [-0.4, -0.2) is 32.8 Å². The van der Waals surface area contributed by atoms with Gasteiger partial charge in [0.2, 0.25) is 0 Å². The van der Waals surface area contributed by atoms with Crippen molar-refractivity contribution in [3.05, 3.63) is 56.1 Å². The predicted octanol–water partition coefficient (Wildman–Crippen LogP) is 4.42. The molecule has 0 aromatic carbocycles. The summed E-state index contributed by atoms with van der Waals surface area (Å²) in [5, 5.41) is 9.72. The molecule has 172 valence electrons. The third-order valence-electron chi connectivity index (χ3n) is 6.11. The Kier molecular flexibility index (Phi) is 7.05. The van der Waals surface area contributed by atoms with Crippen LogP contribution in [0.5, 0.6) is 0 Å². The number of hydrogen-bond acceptors (Lipinski definition) is 7. The van der Waals surface area contributed by atoms with Gasteiger partial charge in [-0.2, -0.15) is 5.26 Å². The Morgan fingerprint density at radius 2 is 1.97 bits per heavy atom. The van der Waals surface area contributed by atoms with Gasteiger partial charge in [0.05, 0.1) is 17.7 Å². The Hall–Kier alpha value is -2.83. The summed E-state index contributed by atoms with van der Waals surface area (Å²) in [5.41, 5.74) is 1.18. The molecule has 0 saturated carbocycles. The van der Waals surface area contributed by atoms with E-state index < -0.39 is 0 Å². The van der Waals surface area contributed by atoms with Crippen LogP contribution in [0.4, 0.5) is 5.82 Å². The second-order valence-corrected chi connectivity index (χ2v) is 9.82. The maximum Gasteiger partial charge on any atom is 0.270 e. The number of anilines is 1. The van der Waals surface area contributed by atoms with Gasteiger partial charge in [0.25, 0.3) is 11.5 Å². The summed E-state index contributed by atoms with van der Waals surface area (Å²) in [7, 11) is 0. The maximum absolute atomic E-state index is 13.2. The molecule has 2 aromatic rings. The fraction of sp³-hybridized carbons (Fsp3) is 0.417. The number of furan rings is 1. The standard InChI is InChI=1S/C24H26N4O3S2/c1-3-27-21(26-10-6-4-5-7-11-26)18(16(2)19(14-25)22(27)29)13-20-23(30)28(24(32)33-20)15-17-9-8-12-31-17/h8-9,12-13H,3-7,10-11,15H2,1-2H3/b20-13+. The van der Waals surface area contributed by atoms with Gasteiger partial charge in [-0.1, -0.05) is 36.8 Å². The first-order chi connectivity index (χ1) is 16.0. The Balaban J connectivity index is 1.83. The SMILES string of the molecule is CCn1c(N2CCCCCC2)c(/C=C2/SC(=S)N(Cc3ccco3)C2=O)c(C)c(C#N)c1=O. The molecule has 33 heavy (non-hydrogen) atoms. The summed E-state index contributed by atoms with van der Waals surface area (Å²) in [6, 6.07) is 5.66. The monoisotopic (exact) mass is 482 g/mol. The van der Waals surface area contributed by atoms with E-state index >= 15 is 0 Å². The second kappa shape index (κ2) is 9.98. The van der Waals surface area contributed by atoms with Crippen molar-refractivity contribution in [1.29, 1.82) is 5.26 Å². The summed E-state index contributed by atoms with van der Waals surface area (Å²) < 4.78 is 7.52. The lowest BCUT2D eigenvalue weighted by molar-refractivity contribution is -0.122. The molecule has 4 heterocycles. The molecule has 2 aliphatic heterocycles. The Labute approximate surface area is 202 Å². The van der Waals surface area contributed by atoms with Crippen molar-refractivity contribution in [2.75, 3.05) is 18.0 Å². The van der Waals surface area contributed by atoms with Crippen LogP contribution >= 0.6 is 24.0 Å². The first-order valence-electron chi connectivity index (χ1n) is 11.2. The van der Waals surface area contributed by atoms with E-state index in [9.17, 15) is 14.9 Å². The van der Waals surface area contributed by atoms with E-state index in [0.717, 1.165) is 50.2 Å². The van der Waals surface area contributed by atoms with Crippen LogP contribution in [-0.2, 0) is 17.9 Å². The predicted molar refractivity (Wildman–Crippen MR) is 134 cm³/mol. The normalized spacial score (nSPS) is 18.2. The fourth-order valence-corrected chi connectivity index (χ4v) is 5.62. The lowest BCUT2D eigenvalue weighted by atomic mass is 10.0. The molecule has 4 rings (SSSR count). The molecule has 2 fully saturated rings. The molecule has 2 saturated heterocycles. The van der Waals surface area contributed by atoms with Crippen LogP contribution < -0.4 is 10.5 Å². The van der Waals surface area contributed by atoms with Crippen molar-refractivity contribution in [2.45, 2.75) is 52.6 Å². The molecule has 0 spiro atoms. The molecular weight excluding hydrogens is 456 g/mol. The minimum absolute atomic E-state index is 0.118. The lowest BCUT2D eigenvalue weighted by Gasteiger charge is -2.29. The van der Waals surface area contributed by atoms with Crippen LogP contribution in [0.15, 0.2) is 32.5 Å². The second-order valence-electron chi connectivity index (χ2n) is 8.15. The molecule has 2 aromatic heterocycles. The summed E-state index contributed by atoms with van der Waals surface area (Å²) >= 11 is 6.71. The summed E-state index contributed by atoms with van der Waals surface area (Å²) in [6.45, 7) is 6.09. The Morgan fingerprint density at radius 3 is 2.58 bits per heavy atom. The molecule has 2 aliphatic rings. The van der Waals surface area contributed by atoms with Crippen LogP contribution in [0.3, 0.4) is 0 Å². The topological polar surface area (TPSA) is 82.5 Å². The van der Waals surface area contributed by atoms with Gasteiger partial charge < -0.3 is 9.32 Å². The van der Waals surface area contributed by atoms with Gasteiger partial charge in [-0.05, 0) is 50.5 Å². The number of hydrogen-bond donors (Lipinski definition) is 0. The molecule has 0 unspecified atom stereocenters. The molecule has 0 bridgehead atoms. The highest BCUT2D eigenvalue weighted by Crippen LogP contribution is 2.37.